The molecule has 0 aliphatic carbocycles. The monoisotopic (exact) mass is 242 g/mol. The third-order valence-corrected chi connectivity index (χ3v) is 2.62. The number of fused-ring (bicyclic) bond motifs is 1. The van der Waals surface area contributed by atoms with Crippen LogP contribution in [0.5, 0.6) is 5.75 Å². The standard InChI is InChI=1S/C15H14O3/c1-2-18-15(17)10-8-13-12-6-4-3-5-11(12)7-9-14(13)16/h3-10,16H,2H2,1H3. The molecule has 0 radical (unpaired) electrons. The van der Waals surface area contributed by atoms with Gasteiger partial charge in [0.1, 0.15) is 5.75 Å². The van der Waals surface area contributed by atoms with Crippen molar-refractivity contribution in [3.8, 4) is 5.75 Å². The second-order valence-electron chi connectivity index (χ2n) is 3.80. The Bertz CT molecular complexity index is 600. The Kier molecular flexibility index (Phi) is 3.63. The van der Waals surface area contributed by atoms with Gasteiger partial charge in [0, 0.05) is 11.6 Å². The topological polar surface area (TPSA) is 46.5 Å². The molecule has 0 atom stereocenters. The molecular weight excluding hydrogens is 228 g/mol. The summed E-state index contributed by atoms with van der Waals surface area (Å²) in [5.74, 6) is -0.265. The molecule has 1 N–H and O–H groups in total. The van der Waals surface area contributed by atoms with Crippen LogP contribution >= 0.6 is 0 Å². The Balaban J connectivity index is 2.43. The summed E-state index contributed by atoms with van der Waals surface area (Å²) < 4.78 is 4.81. The Hall–Kier alpha value is -2.29. The molecule has 0 aliphatic heterocycles. The summed E-state index contributed by atoms with van der Waals surface area (Å²) in [4.78, 5) is 11.3. The first kappa shape index (κ1) is 12.2. The van der Waals surface area contributed by atoms with E-state index in [1.807, 2.05) is 30.3 Å². The Morgan fingerprint density at radius 2 is 2.06 bits per heavy atom. The number of ether oxygens (including phenoxy) is 1. The van der Waals surface area contributed by atoms with Gasteiger partial charge in [0.2, 0.25) is 0 Å². The predicted octanol–water partition coefficient (Wildman–Crippen LogP) is 3.12. The van der Waals surface area contributed by atoms with Gasteiger partial charge < -0.3 is 9.84 Å². The molecule has 0 fully saturated rings. The minimum absolute atomic E-state index is 0.147. The van der Waals surface area contributed by atoms with Crippen LogP contribution in [-0.4, -0.2) is 17.7 Å². The fraction of sp³-hybridized carbons (Fsp3) is 0.133. The number of phenols is 1. The molecule has 0 spiro atoms. The van der Waals surface area contributed by atoms with E-state index < -0.39 is 5.97 Å². The second-order valence-corrected chi connectivity index (χ2v) is 3.80. The van der Waals surface area contributed by atoms with Crippen molar-refractivity contribution in [3.05, 3.63) is 48.0 Å². The van der Waals surface area contributed by atoms with Gasteiger partial charge >= 0.3 is 5.97 Å². The van der Waals surface area contributed by atoms with Gasteiger partial charge in [-0.25, -0.2) is 4.79 Å². The largest absolute Gasteiger partial charge is 0.507 e. The molecule has 2 rings (SSSR count). The fourth-order valence-corrected chi connectivity index (χ4v) is 1.80. The zero-order chi connectivity index (χ0) is 13.0. The van der Waals surface area contributed by atoms with Crippen molar-refractivity contribution >= 4 is 22.8 Å². The maximum atomic E-state index is 11.3. The van der Waals surface area contributed by atoms with Gasteiger partial charge in [0.05, 0.1) is 6.61 Å². The normalized spacial score (nSPS) is 10.9. The van der Waals surface area contributed by atoms with Gasteiger partial charge in [-0.3, -0.25) is 0 Å². The number of hydrogen-bond donors (Lipinski definition) is 1. The van der Waals surface area contributed by atoms with Crippen molar-refractivity contribution in [3.63, 3.8) is 0 Å². The maximum Gasteiger partial charge on any atom is 0.330 e. The fourth-order valence-electron chi connectivity index (χ4n) is 1.80. The number of carbonyl (C=O) groups is 1. The molecule has 3 nitrogen and oxygen atoms in total. The third kappa shape index (κ3) is 2.51. The summed E-state index contributed by atoms with van der Waals surface area (Å²) in [6.07, 6.45) is 2.90. The van der Waals surface area contributed by atoms with Gasteiger partial charge in [0.15, 0.2) is 0 Å². The van der Waals surface area contributed by atoms with Crippen LogP contribution in [-0.2, 0) is 9.53 Å². The minimum atomic E-state index is -0.412. The first-order valence-corrected chi connectivity index (χ1v) is 5.78. The number of aromatic hydroxyl groups is 1. The first-order valence-electron chi connectivity index (χ1n) is 5.78. The molecule has 92 valence electrons. The minimum Gasteiger partial charge on any atom is -0.507 e. The van der Waals surface area contributed by atoms with E-state index in [-0.39, 0.29) is 5.75 Å². The Labute approximate surface area is 105 Å². The first-order chi connectivity index (χ1) is 8.72. The maximum absolute atomic E-state index is 11.3. The van der Waals surface area contributed by atoms with Gasteiger partial charge in [-0.2, -0.15) is 0 Å². The number of rotatable bonds is 3. The highest BCUT2D eigenvalue weighted by molar-refractivity contribution is 5.96. The van der Waals surface area contributed by atoms with Crippen LogP contribution in [0.2, 0.25) is 0 Å². The third-order valence-electron chi connectivity index (χ3n) is 2.62. The molecule has 0 unspecified atom stereocenters. The van der Waals surface area contributed by atoms with E-state index in [0.29, 0.717) is 12.2 Å². The molecule has 2 aromatic rings. The lowest BCUT2D eigenvalue weighted by Gasteiger charge is -2.04. The van der Waals surface area contributed by atoms with Gasteiger partial charge in [-0.15, -0.1) is 0 Å². The molecule has 18 heavy (non-hydrogen) atoms. The smallest absolute Gasteiger partial charge is 0.330 e. The molecule has 0 heterocycles. The van der Waals surface area contributed by atoms with Crippen molar-refractivity contribution in [1.82, 2.24) is 0 Å². The quantitative estimate of drug-likeness (QED) is 0.664. The lowest BCUT2D eigenvalue weighted by molar-refractivity contribution is -0.137. The average Bonchev–Trinajstić information content (AvgIpc) is 2.38. The highest BCUT2D eigenvalue weighted by atomic mass is 16.5. The molecule has 0 aromatic heterocycles. The summed E-state index contributed by atoms with van der Waals surface area (Å²) in [6, 6.07) is 11.1. The number of esters is 1. The van der Waals surface area contributed by atoms with E-state index in [2.05, 4.69) is 0 Å². The van der Waals surface area contributed by atoms with Crippen LogP contribution in [0.1, 0.15) is 12.5 Å². The Morgan fingerprint density at radius 3 is 2.83 bits per heavy atom. The van der Waals surface area contributed by atoms with Crippen molar-refractivity contribution in [2.24, 2.45) is 0 Å². The van der Waals surface area contributed by atoms with E-state index in [1.165, 1.54) is 6.08 Å². The lowest BCUT2D eigenvalue weighted by atomic mass is 10.0. The van der Waals surface area contributed by atoms with E-state index >= 15 is 0 Å². The highest BCUT2D eigenvalue weighted by Crippen LogP contribution is 2.28. The number of carbonyl (C=O) groups excluding carboxylic acids is 1. The van der Waals surface area contributed by atoms with Crippen LogP contribution in [0.25, 0.3) is 16.8 Å². The molecule has 0 saturated heterocycles. The van der Waals surface area contributed by atoms with Crippen LogP contribution in [0.4, 0.5) is 0 Å². The second kappa shape index (κ2) is 5.36. The van der Waals surface area contributed by atoms with E-state index in [0.717, 1.165) is 10.8 Å². The van der Waals surface area contributed by atoms with E-state index in [9.17, 15) is 9.90 Å². The Morgan fingerprint density at radius 1 is 1.28 bits per heavy atom. The molecule has 2 aromatic carbocycles. The van der Waals surface area contributed by atoms with Crippen LogP contribution < -0.4 is 0 Å². The zero-order valence-corrected chi connectivity index (χ0v) is 10.1. The zero-order valence-electron chi connectivity index (χ0n) is 10.1. The van der Waals surface area contributed by atoms with Gasteiger partial charge in [0.25, 0.3) is 0 Å². The summed E-state index contributed by atoms with van der Waals surface area (Å²) in [5, 5.41) is 11.8. The van der Waals surface area contributed by atoms with Crippen molar-refractivity contribution in [1.29, 1.82) is 0 Å². The number of benzene rings is 2. The van der Waals surface area contributed by atoms with Crippen LogP contribution in [0, 0.1) is 0 Å². The SMILES string of the molecule is CCOC(=O)C=Cc1c(O)ccc2ccccc12. The molecule has 0 bridgehead atoms. The number of phenolic OH excluding ortho intramolecular Hbond substituents is 1. The lowest BCUT2D eigenvalue weighted by Crippen LogP contribution is -1.98. The van der Waals surface area contributed by atoms with E-state index in [4.69, 9.17) is 4.74 Å². The van der Waals surface area contributed by atoms with Crippen LogP contribution in [0.15, 0.2) is 42.5 Å². The molecule has 0 amide bonds. The molecular formula is C15H14O3. The summed E-state index contributed by atoms with van der Waals surface area (Å²) in [6.45, 7) is 2.09. The van der Waals surface area contributed by atoms with Crippen molar-refractivity contribution < 1.29 is 14.6 Å². The predicted molar refractivity (Wildman–Crippen MR) is 71.3 cm³/mol. The molecule has 0 saturated carbocycles. The van der Waals surface area contributed by atoms with Crippen molar-refractivity contribution in [2.75, 3.05) is 6.61 Å². The van der Waals surface area contributed by atoms with E-state index in [1.54, 1.807) is 19.1 Å². The number of hydrogen-bond acceptors (Lipinski definition) is 3. The van der Waals surface area contributed by atoms with Gasteiger partial charge in [-0.05, 0) is 29.8 Å². The van der Waals surface area contributed by atoms with Crippen LogP contribution in [0.3, 0.4) is 0 Å². The molecule has 0 aliphatic rings. The average molecular weight is 242 g/mol. The highest BCUT2D eigenvalue weighted by Gasteiger charge is 2.04. The molecule has 3 heteroatoms. The summed E-state index contributed by atoms with van der Waals surface area (Å²) >= 11 is 0. The summed E-state index contributed by atoms with van der Waals surface area (Å²) in [5.41, 5.74) is 0.626. The summed E-state index contributed by atoms with van der Waals surface area (Å²) in [7, 11) is 0. The van der Waals surface area contributed by atoms with Gasteiger partial charge in [-0.1, -0.05) is 30.3 Å². The van der Waals surface area contributed by atoms with Crippen molar-refractivity contribution in [2.45, 2.75) is 6.92 Å².